The molecule has 0 saturated carbocycles. The van der Waals surface area contributed by atoms with Crippen molar-refractivity contribution in [3.05, 3.63) is 42.7 Å². The van der Waals surface area contributed by atoms with Crippen LogP contribution < -0.4 is 28.6 Å². The molecule has 0 N–H and O–H groups in total. The average molecular weight is 452 g/mol. The molecule has 0 fully saturated rings. The van der Waals surface area contributed by atoms with Crippen molar-refractivity contribution in [1.29, 1.82) is 0 Å². The highest BCUT2D eigenvalue weighted by Crippen LogP contribution is 2.45. The lowest BCUT2D eigenvalue weighted by Gasteiger charge is -2.19. The molecule has 0 atom stereocenters. The standard InChI is InChI=1S/C23H21N3O5S/c1-26(14-5-6-16-17(9-14)31-12-30-16)23-22-15(24-11-25-23)10-20(32-22)13-7-18(27-2)21(29-4)19(8-13)28-3/h5-11H,12H2,1-4H3. The summed E-state index contributed by atoms with van der Waals surface area (Å²) in [5.74, 6) is 4.03. The van der Waals surface area contributed by atoms with Gasteiger partial charge in [0.2, 0.25) is 12.5 Å². The number of ether oxygens (including phenoxy) is 5. The fourth-order valence-corrected chi connectivity index (χ4v) is 4.79. The number of methoxy groups -OCH3 is 3. The van der Waals surface area contributed by atoms with Gasteiger partial charge in [0.1, 0.15) is 6.33 Å². The molecule has 3 heterocycles. The van der Waals surface area contributed by atoms with Gasteiger partial charge >= 0.3 is 0 Å². The zero-order chi connectivity index (χ0) is 22.2. The second kappa shape index (κ2) is 8.08. The van der Waals surface area contributed by atoms with E-state index in [1.807, 2.05) is 48.3 Å². The minimum absolute atomic E-state index is 0.239. The first-order valence-electron chi connectivity index (χ1n) is 9.81. The SMILES string of the molecule is COc1cc(-c2cc3ncnc(N(C)c4ccc5c(c4)OCO5)c3s2)cc(OC)c1OC. The highest BCUT2D eigenvalue weighted by Gasteiger charge is 2.20. The van der Waals surface area contributed by atoms with Crippen LogP contribution in [0.25, 0.3) is 20.7 Å². The van der Waals surface area contributed by atoms with Crippen LogP contribution in [-0.2, 0) is 0 Å². The van der Waals surface area contributed by atoms with Crippen molar-refractivity contribution in [3.63, 3.8) is 0 Å². The predicted molar refractivity (Wildman–Crippen MR) is 123 cm³/mol. The fourth-order valence-electron chi connectivity index (χ4n) is 3.66. The lowest BCUT2D eigenvalue weighted by Crippen LogP contribution is -2.11. The summed E-state index contributed by atoms with van der Waals surface area (Å²) in [5, 5.41) is 0. The molecule has 0 spiro atoms. The Morgan fingerprint density at radius 2 is 1.66 bits per heavy atom. The van der Waals surface area contributed by atoms with Gasteiger partial charge in [-0.2, -0.15) is 0 Å². The predicted octanol–water partition coefficient (Wildman–Crippen LogP) is 4.88. The Morgan fingerprint density at radius 3 is 2.38 bits per heavy atom. The lowest BCUT2D eigenvalue weighted by atomic mass is 10.1. The largest absolute Gasteiger partial charge is 0.493 e. The van der Waals surface area contributed by atoms with Gasteiger partial charge in [0, 0.05) is 23.7 Å². The van der Waals surface area contributed by atoms with E-state index >= 15 is 0 Å². The molecule has 2 aromatic heterocycles. The van der Waals surface area contributed by atoms with E-state index in [-0.39, 0.29) is 6.79 Å². The maximum absolute atomic E-state index is 5.52. The highest BCUT2D eigenvalue weighted by atomic mass is 32.1. The summed E-state index contributed by atoms with van der Waals surface area (Å²) in [6.45, 7) is 0.239. The molecule has 8 nitrogen and oxygen atoms in total. The molecule has 0 radical (unpaired) electrons. The Bertz CT molecular complexity index is 1280. The molecule has 4 aromatic rings. The summed E-state index contributed by atoms with van der Waals surface area (Å²) in [6, 6.07) is 11.7. The molecule has 0 amide bonds. The number of hydrogen-bond donors (Lipinski definition) is 0. The summed E-state index contributed by atoms with van der Waals surface area (Å²) in [7, 11) is 6.78. The van der Waals surface area contributed by atoms with Gasteiger partial charge in [0.05, 0.1) is 31.5 Å². The number of fused-ring (bicyclic) bond motifs is 2. The van der Waals surface area contributed by atoms with Crippen molar-refractivity contribution in [2.75, 3.05) is 40.1 Å². The van der Waals surface area contributed by atoms with Crippen molar-refractivity contribution in [2.24, 2.45) is 0 Å². The van der Waals surface area contributed by atoms with E-state index in [1.54, 1.807) is 39.0 Å². The molecule has 9 heteroatoms. The average Bonchev–Trinajstić information content (AvgIpc) is 3.48. The third-order valence-corrected chi connectivity index (χ3v) is 6.47. The van der Waals surface area contributed by atoms with E-state index in [9.17, 15) is 0 Å². The molecule has 5 rings (SSSR count). The molecule has 2 aromatic carbocycles. The van der Waals surface area contributed by atoms with Gasteiger partial charge in [-0.15, -0.1) is 11.3 Å². The second-order valence-corrected chi connectivity index (χ2v) is 8.09. The Labute approximate surface area is 188 Å². The van der Waals surface area contributed by atoms with E-state index in [4.69, 9.17) is 23.7 Å². The summed E-state index contributed by atoms with van der Waals surface area (Å²) in [4.78, 5) is 12.1. The van der Waals surface area contributed by atoms with Crippen LogP contribution in [0.3, 0.4) is 0 Å². The zero-order valence-electron chi connectivity index (χ0n) is 18.0. The number of thiophene rings is 1. The quantitative estimate of drug-likeness (QED) is 0.411. The number of rotatable bonds is 6. The maximum Gasteiger partial charge on any atom is 0.231 e. The van der Waals surface area contributed by atoms with Crippen LogP contribution in [-0.4, -0.2) is 45.1 Å². The molecular formula is C23H21N3O5S. The fraction of sp³-hybridized carbons (Fsp3) is 0.217. The van der Waals surface area contributed by atoms with Crippen LogP contribution in [0, 0.1) is 0 Å². The van der Waals surface area contributed by atoms with Crippen LogP contribution in [0.5, 0.6) is 28.7 Å². The Kier molecular flexibility index (Phi) is 5.10. The molecule has 0 aliphatic carbocycles. The molecule has 0 unspecified atom stereocenters. The normalized spacial score (nSPS) is 12.1. The van der Waals surface area contributed by atoms with Gasteiger partial charge < -0.3 is 28.6 Å². The summed E-state index contributed by atoms with van der Waals surface area (Å²) in [6.07, 6.45) is 1.58. The number of anilines is 2. The first kappa shape index (κ1) is 20.2. The summed E-state index contributed by atoms with van der Waals surface area (Å²) < 4.78 is 28.4. The van der Waals surface area contributed by atoms with Gasteiger partial charge in [0.25, 0.3) is 0 Å². The van der Waals surface area contributed by atoms with Gasteiger partial charge in [0.15, 0.2) is 28.8 Å². The molecule has 32 heavy (non-hydrogen) atoms. The lowest BCUT2D eigenvalue weighted by molar-refractivity contribution is 0.174. The maximum atomic E-state index is 5.52. The van der Waals surface area contributed by atoms with Crippen molar-refractivity contribution in [3.8, 4) is 39.2 Å². The van der Waals surface area contributed by atoms with E-state index in [1.165, 1.54) is 0 Å². The smallest absolute Gasteiger partial charge is 0.231 e. The van der Waals surface area contributed by atoms with Crippen LogP contribution >= 0.6 is 11.3 Å². The third-order valence-electron chi connectivity index (χ3n) is 5.30. The number of aromatic nitrogens is 2. The van der Waals surface area contributed by atoms with Crippen LogP contribution in [0.15, 0.2) is 42.7 Å². The van der Waals surface area contributed by atoms with Gasteiger partial charge in [-0.25, -0.2) is 9.97 Å². The van der Waals surface area contributed by atoms with E-state index in [2.05, 4.69) is 9.97 Å². The molecule has 1 aliphatic heterocycles. The monoisotopic (exact) mass is 451 g/mol. The van der Waals surface area contributed by atoms with E-state index < -0.39 is 0 Å². The highest BCUT2D eigenvalue weighted by molar-refractivity contribution is 7.22. The Morgan fingerprint density at radius 1 is 0.906 bits per heavy atom. The number of benzene rings is 2. The van der Waals surface area contributed by atoms with E-state index in [0.29, 0.717) is 17.2 Å². The summed E-state index contributed by atoms with van der Waals surface area (Å²) in [5.41, 5.74) is 2.74. The molecule has 0 saturated heterocycles. The topological polar surface area (TPSA) is 75.2 Å². The van der Waals surface area contributed by atoms with Crippen molar-refractivity contribution < 1.29 is 23.7 Å². The molecule has 1 aliphatic rings. The minimum atomic E-state index is 0.239. The van der Waals surface area contributed by atoms with Gasteiger partial charge in [-0.05, 0) is 35.9 Å². The molecule has 0 bridgehead atoms. The van der Waals surface area contributed by atoms with Crippen LogP contribution in [0.4, 0.5) is 11.5 Å². The first-order valence-corrected chi connectivity index (χ1v) is 10.6. The first-order chi connectivity index (χ1) is 15.6. The van der Waals surface area contributed by atoms with Crippen LogP contribution in [0.2, 0.25) is 0 Å². The zero-order valence-corrected chi connectivity index (χ0v) is 18.9. The van der Waals surface area contributed by atoms with Crippen molar-refractivity contribution in [2.45, 2.75) is 0 Å². The van der Waals surface area contributed by atoms with Crippen molar-refractivity contribution >= 4 is 33.1 Å². The minimum Gasteiger partial charge on any atom is -0.493 e. The van der Waals surface area contributed by atoms with Gasteiger partial charge in [-0.1, -0.05) is 0 Å². The number of hydrogen-bond acceptors (Lipinski definition) is 9. The van der Waals surface area contributed by atoms with E-state index in [0.717, 1.165) is 43.7 Å². The molecular weight excluding hydrogens is 430 g/mol. The molecule has 164 valence electrons. The third kappa shape index (κ3) is 3.31. The van der Waals surface area contributed by atoms with Gasteiger partial charge in [-0.3, -0.25) is 0 Å². The summed E-state index contributed by atoms with van der Waals surface area (Å²) >= 11 is 1.60. The van der Waals surface area contributed by atoms with Crippen LogP contribution in [0.1, 0.15) is 0 Å². The Hall–Kier alpha value is -3.72. The Balaban J connectivity index is 1.58. The number of nitrogens with zero attached hydrogens (tertiary/aromatic N) is 3. The second-order valence-electron chi connectivity index (χ2n) is 7.03. The van der Waals surface area contributed by atoms with Crippen molar-refractivity contribution in [1.82, 2.24) is 9.97 Å².